The minimum absolute atomic E-state index is 0.608. The van der Waals surface area contributed by atoms with Crippen LogP contribution >= 0.6 is 0 Å². The highest BCUT2D eigenvalue weighted by atomic mass is 16.5. The lowest BCUT2D eigenvalue weighted by atomic mass is 9.91. The molecular formula is C13H17NO2. The van der Waals surface area contributed by atoms with E-state index in [1.807, 2.05) is 0 Å². The van der Waals surface area contributed by atoms with Crippen molar-refractivity contribution in [2.24, 2.45) is 0 Å². The Hall–Kier alpha value is -1.37. The molecule has 0 aliphatic carbocycles. The Morgan fingerprint density at radius 3 is 2.50 bits per heavy atom. The van der Waals surface area contributed by atoms with Crippen LogP contribution in [0.5, 0.6) is 0 Å². The standard InChI is InChI=1S/C13H17NO2/c1-13(15,8-3-9-16-2)12-6-4-11(10-14)5-7-12/h4-7,15H,3,8-9H2,1-2H3. The van der Waals surface area contributed by atoms with Crippen molar-refractivity contribution in [2.45, 2.75) is 25.4 Å². The molecule has 0 bridgehead atoms. The summed E-state index contributed by atoms with van der Waals surface area (Å²) in [6.07, 6.45) is 1.45. The number of rotatable bonds is 5. The molecule has 0 spiro atoms. The van der Waals surface area contributed by atoms with Gasteiger partial charge in [-0.2, -0.15) is 5.26 Å². The third-order valence-corrected chi connectivity index (χ3v) is 2.65. The van der Waals surface area contributed by atoms with E-state index >= 15 is 0 Å². The molecule has 16 heavy (non-hydrogen) atoms. The van der Waals surface area contributed by atoms with Crippen molar-refractivity contribution in [1.29, 1.82) is 5.26 Å². The minimum Gasteiger partial charge on any atom is -0.385 e. The number of methoxy groups -OCH3 is 1. The number of nitrogens with zero attached hydrogens (tertiary/aromatic N) is 1. The zero-order valence-corrected chi connectivity index (χ0v) is 9.73. The first kappa shape index (κ1) is 12.7. The Labute approximate surface area is 96.3 Å². The van der Waals surface area contributed by atoms with Gasteiger partial charge in [-0.15, -0.1) is 0 Å². The molecule has 1 unspecified atom stereocenters. The van der Waals surface area contributed by atoms with Gasteiger partial charge in [0.1, 0.15) is 0 Å². The van der Waals surface area contributed by atoms with Crippen LogP contribution in [0.1, 0.15) is 30.9 Å². The van der Waals surface area contributed by atoms with Crippen molar-refractivity contribution in [2.75, 3.05) is 13.7 Å². The molecule has 0 saturated carbocycles. The first-order chi connectivity index (χ1) is 7.60. The highest BCUT2D eigenvalue weighted by molar-refractivity contribution is 5.33. The fourth-order valence-electron chi connectivity index (χ4n) is 1.61. The molecule has 0 amide bonds. The van der Waals surface area contributed by atoms with Crippen LogP contribution in [-0.4, -0.2) is 18.8 Å². The van der Waals surface area contributed by atoms with Gasteiger partial charge in [-0.3, -0.25) is 0 Å². The van der Waals surface area contributed by atoms with E-state index in [9.17, 15) is 5.11 Å². The molecule has 3 heteroatoms. The molecule has 1 N–H and O–H groups in total. The molecule has 1 rings (SSSR count). The summed E-state index contributed by atoms with van der Waals surface area (Å²) in [7, 11) is 1.65. The van der Waals surface area contributed by atoms with Crippen molar-refractivity contribution < 1.29 is 9.84 Å². The van der Waals surface area contributed by atoms with E-state index in [1.54, 1.807) is 38.3 Å². The first-order valence-corrected chi connectivity index (χ1v) is 5.32. The summed E-state index contributed by atoms with van der Waals surface area (Å²) >= 11 is 0. The minimum atomic E-state index is -0.855. The summed E-state index contributed by atoms with van der Waals surface area (Å²) in [4.78, 5) is 0. The van der Waals surface area contributed by atoms with Crippen molar-refractivity contribution in [3.63, 3.8) is 0 Å². The summed E-state index contributed by atoms with van der Waals surface area (Å²) in [5, 5.41) is 18.9. The highest BCUT2D eigenvalue weighted by Gasteiger charge is 2.22. The van der Waals surface area contributed by atoms with Crippen LogP contribution in [0.4, 0.5) is 0 Å². The smallest absolute Gasteiger partial charge is 0.0991 e. The maximum absolute atomic E-state index is 10.2. The van der Waals surface area contributed by atoms with Gasteiger partial charge in [0.05, 0.1) is 17.2 Å². The van der Waals surface area contributed by atoms with Gasteiger partial charge < -0.3 is 9.84 Å². The monoisotopic (exact) mass is 219 g/mol. The number of ether oxygens (including phenoxy) is 1. The van der Waals surface area contributed by atoms with Gasteiger partial charge in [-0.05, 0) is 37.5 Å². The molecule has 0 heterocycles. The van der Waals surface area contributed by atoms with Crippen LogP contribution in [0, 0.1) is 11.3 Å². The van der Waals surface area contributed by atoms with Crippen LogP contribution in [0.25, 0.3) is 0 Å². The Morgan fingerprint density at radius 2 is 2.00 bits per heavy atom. The molecule has 86 valence electrons. The lowest BCUT2D eigenvalue weighted by Gasteiger charge is -2.23. The Morgan fingerprint density at radius 1 is 1.38 bits per heavy atom. The van der Waals surface area contributed by atoms with Crippen molar-refractivity contribution >= 4 is 0 Å². The van der Waals surface area contributed by atoms with E-state index in [-0.39, 0.29) is 0 Å². The van der Waals surface area contributed by atoms with Crippen LogP contribution in [-0.2, 0) is 10.3 Å². The predicted molar refractivity (Wildman–Crippen MR) is 61.8 cm³/mol. The average molecular weight is 219 g/mol. The van der Waals surface area contributed by atoms with E-state index in [4.69, 9.17) is 10.00 Å². The first-order valence-electron chi connectivity index (χ1n) is 5.32. The van der Waals surface area contributed by atoms with Crippen molar-refractivity contribution in [1.82, 2.24) is 0 Å². The molecule has 1 atom stereocenters. The largest absolute Gasteiger partial charge is 0.385 e. The van der Waals surface area contributed by atoms with Gasteiger partial charge in [0.15, 0.2) is 0 Å². The van der Waals surface area contributed by atoms with E-state index in [0.717, 1.165) is 12.0 Å². The second-order valence-electron chi connectivity index (χ2n) is 4.06. The molecule has 3 nitrogen and oxygen atoms in total. The molecule has 1 aromatic carbocycles. The Balaban J connectivity index is 2.70. The normalized spacial score (nSPS) is 14.1. The summed E-state index contributed by atoms with van der Waals surface area (Å²) < 4.78 is 4.96. The van der Waals surface area contributed by atoms with Gasteiger partial charge in [-0.25, -0.2) is 0 Å². The maximum Gasteiger partial charge on any atom is 0.0991 e. The topological polar surface area (TPSA) is 53.2 Å². The van der Waals surface area contributed by atoms with Crippen molar-refractivity contribution in [3.05, 3.63) is 35.4 Å². The number of hydrogen-bond donors (Lipinski definition) is 1. The predicted octanol–water partition coefficient (Wildman–Crippen LogP) is 2.19. The summed E-state index contributed by atoms with van der Waals surface area (Å²) in [5.74, 6) is 0. The summed E-state index contributed by atoms with van der Waals surface area (Å²) in [6.45, 7) is 2.43. The van der Waals surface area contributed by atoms with Crippen LogP contribution in [0.2, 0.25) is 0 Å². The molecular weight excluding hydrogens is 202 g/mol. The zero-order chi connectivity index (χ0) is 12.0. The van der Waals surface area contributed by atoms with E-state index < -0.39 is 5.60 Å². The SMILES string of the molecule is COCCCC(C)(O)c1ccc(C#N)cc1. The van der Waals surface area contributed by atoms with Gasteiger partial charge in [-0.1, -0.05) is 12.1 Å². The fourth-order valence-corrected chi connectivity index (χ4v) is 1.61. The van der Waals surface area contributed by atoms with Crippen LogP contribution in [0.15, 0.2) is 24.3 Å². The average Bonchev–Trinajstić information content (AvgIpc) is 2.29. The molecule has 0 saturated heterocycles. The third kappa shape index (κ3) is 3.34. The maximum atomic E-state index is 10.2. The highest BCUT2D eigenvalue weighted by Crippen LogP contribution is 2.25. The fraction of sp³-hybridized carbons (Fsp3) is 0.462. The zero-order valence-electron chi connectivity index (χ0n) is 9.73. The van der Waals surface area contributed by atoms with Gasteiger partial charge >= 0.3 is 0 Å². The summed E-state index contributed by atoms with van der Waals surface area (Å²) in [6, 6.07) is 9.09. The second-order valence-corrected chi connectivity index (χ2v) is 4.06. The number of nitriles is 1. The Kier molecular flexibility index (Phi) is 4.48. The van der Waals surface area contributed by atoms with E-state index in [0.29, 0.717) is 18.6 Å². The number of benzene rings is 1. The molecule has 0 radical (unpaired) electrons. The lowest BCUT2D eigenvalue weighted by Crippen LogP contribution is -2.21. The summed E-state index contributed by atoms with van der Waals surface area (Å²) in [5.41, 5.74) is 0.589. The van der Waals surface area contributed by atoms with Gasteiger partial charge in [0, 0.05) is 13.7 Å². The molecule has 0 aliphatic rings. The quantitative estimate of drug-likeness (QED) is 0.772. The van der Waals surface area contributed by atoms with E-state index in [1.165, 1.54) is 0 Å². The van der Waals surface area contributed by atoms with Gasteiger partial charge in [0.25, 0.3) is 0 Å². The molecule has 1 aromatic rings. The third-order valence-electron chi connectivity index (χ3n) is 2.65. The molecule has 0 aromatic heterocycles. The van der Waals surface area contributed by atoms with Crippen LogP contribution in [0.3, 0.4) is 0 Å². The molecule has 0 aliphatic heterocycles. The second kappa shape index (κ2) is 5.64. The number of aliphatic hydroxyl groups is 1. The lowest BCUT2D eigenvalue weighted by molar-refractivity contribution is 0.0373. The van der Waals surface area contributed by atoms with Crippen LogP contribution < -0.4 is 0 Å². The van der Waals surface area contributed by atoms with Gasteiger partial charge in [0.2, 0.25) is 0 Å². The molecule has 0 fully saturated rings. The van der Waals surface area contributed by atoms with E-state index in [2.05, 4.69) is 6.07 Å². The Bertz CT molecular complexity index is 363. The van der Waals surface area contributed by atoms with Crippen molar-refractivity contribution in [3.8, 4) is 6.07 Å². The number of hydrogen-bond acceptors (Lipinski definition) is 3.